The highest BCUT2D eigenvalue weighted by molar-refractivity contribution is 7.25. The number of furan rings is 1. The molecular weight excluding hydrogens is 571 g/mol. The van der Waals surface area contributed by atoms with Crippen LogP contribution < -0.4 is 0 Å². The molecule has 4 nitrogen and oxygen atoms in total. The number of nitrogens with zero attached hydrogens (tertiary/aromatic N) is 3. The Morgan fingerprint density at radius 3 is 2.13 bits per heavy atom. The van der Waals surface area contributed by atoms with Crippen LogP contribution in [0.3, 0.4) is 0 Å². The van der Waals surface area contributed by atoms with Crippen molar-refractivity contribution in [3.63, 3.8) is 0 Å². The Morgan fingerprint density at radius 2 is 1.22 bits per heavy atom. The number of hydrogen-bond acceptors (Lipinski definition) is 4. The molecular formula is C40H23N3OS. The van der Waals surface area contributed by atoms with Crippen LogP contribution in [0.5, 0.6) is 0 Å². The largest absolute Gasteiger partial charge is 0.456 e. The van der Waals surface area contributed by atoms with E-state index in [1.165, 1.54) is 20.2 Å². The zero-order valence-electron chi connectivity index (χ0n) is 23.9. The first-order chi connectivity index (χ1) is 22.3. The van der Waals surface area contributed by atoms with Crippen LogP contribution >= 0.6 is 11.3 Å². The highest BCUT2D eigenvalue weighted by Crippen LogP contribution is 2.40. The summed E-state index contributed by atoms with van der Waals surface area (Å²) >= 11 is 1.83. The molecule has 10 aromatic rings. The van der Waals surface area contributed by atoms with Gasteiger partial charge >= 0.3 is 0 Å². The summed E-state index contributed by atoms with van der Waals surface area (Å²) in [4.78, 5) is 10.4. The average Bonchev–Trinajstić information content (AvgIpc) is 3.76. The van der Waals surface area contributed by atoms with Crippen molar-refractivity contribution in [3.05, 3.63) is 140 Å². The van der Waals surface area contributed by atoms with Crippen LogP contribution in [-0.2, 0) is 0 Å². The number of hydrogen-bond donors (Lipinski definition) is 0. The summed E-state index contributed by atoms with van der Waals surface area (Å²) in [5, 5.41) is 7.01. The molecule has 45 heavy (non-hydrogen) atoms. The van der Waals surface area contributed by atoms with Gasteiger partial charge in [-0.15, -0.1) is 11.3 Å². The van der Waals surface area contributed by atoms with Crippen molar-refractivity contribution in [1.29, 1.82) is 0 Å². The van der Waals surface area contributed by atoms with Gasteiger partial charge in [-0.05, 0) is 42.5 Å². The van der Waals surface area contributed by atoms with Crippen LogP contribution in [0, 0.1) is 0 Å². The number of rotatable bonds is 3. The zero-order valence-corrected chi connectivity index (χ0v) is 24.8. The Bertz CT molecular complexity index is 2770. The molecule has 0 saturated heterocycles. The minimum atomic E-state index is 0.694. The number of aromatic nitrogens is 3. The van der Waals surface area contributed by atoms with Gasteiger partial charge in [-0.2, -0.15) is 0 Å². The van der Waals surface area contributed by atoms with E-state index in [9.17, 15) is 0 Å². The Hall–Kier alpha value is -5.78. The van der Waals surface area contributed by atoms with Crippen LogP contribution in [0.25, 0.3) is 92.4 Å². The second kappa shape index (κ2) is 9.36. The molecule has 0 spiro atoms. The number of para-hydroxylation sites is 2. The highest BCUT2D eigenvalue weighted by atomic mass is 32.1. The molecule has 0 unspecified atom stereocenters. The van der Waals surface area contributed by atoms with Crippen LogP contribution in [0.2, 0.25) is 0 Å². The van der Waals surface area contributed by atoms with E-state index in [2.05, 4.69) is 114 Å². The Labute approximate surface area is 261 Å². The molecule has 0 bridgehead atoms. The molecule has 0 amide bonds. The lowest BCUT2D eigenvalue weighted by Gasteiger charge is -2.12. The van der Waals surface area contributed by atoms with Crippen LogP contribution in [-0.4, -0.2) is 14.5 Å². The maximum absolute atomic E-state index is 6.30. The van der Waals surface area contributed by atoms with Crippen molar-refractivity contribution in [2.75, 3.05) is 0 Å². The van der Waals surface area contributed by atoms with Gasteiger partial charge in [0.25, 0.3) is 0 Å². The molecule has 210 valence electrons. The molecule has 0 aliphatic heterocycles. The third-order valence-corrected chi connectivity index (χ3v) is 9.97. The predicted molar refractivity (Wildman–Crippen MR) is 187 cm³/mol. The normalized spacial score (nSPS) is 12.0. The summed E-state index contributed by atoms with van der Waals surface area (Å²) in [5.74, 6) is 1.52. The van der Waals surface area contributed by atoms with E-state index in [1.807, 2.05) is 41.7 Å². The van der Waals surface area contributed by atoms with Gasteiger partial charge in [0.05, 0.1) is 16.7 Å². The monoisotopic (exact) mass is 593 g/mol. The molecule has 5 heteroatoms. The van der Waals surface area contributed by atoms with Crippen LogP contribution in [0.15, 0.2) is 144 Å². The minimum absolute atomic E-state index is 0.694. The fraction of sp³-hybridized carbons (Fsp3) is 0. The van der Waals surface area contributed by atoms with Crippen LogP contribution in [0.1, 0.15) is 0 Å². The van der Waals surface area contributed by atoms with Gasteiger partial charge in [-0.25, -0.2) is 9.97 Å². The summed E-state index contributed by atoms with van der Waals surface area (Å²) in [6.07, 6.45) is 0. The lowest BCUT2D eigenvalue weighted by atomic mass is 10.1. The average molecular weight is 594 g/mol. The molecule has 4 heterocycles. The van der Waals surface area contributed by atoms with Crippen molar-refractivity contribution in [2.24, 2.45) is 0 Å². The van der Waals surface area contributed by atoms with Crippen molar-refractivity contribution in [3.8, 4) is 28.5 Å². The first-order valence-corrected chi connectivity index (χ1v) is 15.8. The summed E-state index contributed by atoms with van der Waals surface area (Å²) in [6.45, 7) is 0. The standard InChI is InChI=1S/C40H23N3OS/c1-2-10-24(11-3-1)40-41-32(25-18-19-38-31(20-25)28-14-6-9-17-37(28)45-38)23-39(42-40)43-33-15-7-4-12-26(33)29-22-36-30(21-34(29)43)27-13-5-8-16-35(27)44-36/h1-23H. The topological polar surface area (TPSA) is 43.9 Å². The molecule has 0 aliphatic rings. The molecule has 0 N–H and O–H groups in total. The second-order valence-electron chi connectivity index (χ2n) is 11.4. The van der Waals surface area contributed by atoms with E-state index in [1.54, 1.807) is 0 Å². The minimum Gasteiger partial charge on any atom is -0.456 e. The Kier molecular flexibility index (Phi) is 5.12. The highest BCUT2D eigenvalue weighted by Gasteiger charge is 2.19. The maximum atomic E-state index is 6.30. The van der Waals surface area contributed by atoms with Gasteiger partial charge in [0.2, 0.25) is 0 Å². The third kappa shape index (κ3) is 3.71. The third-order valence-electron chi connectivity index (χ3n) is 8.82. The van der Waals surface area contributed by atoms with Gasteiger partial charge in [0.15, 0.2) is 5.82 Å². The van der Waals surface area contributed by atoms with Crippen LogP contribution in [0.4, 0.5) is 0 Å². The summed E-state index contributed by atoms with van der Waals surface area (Å²) in [6, 6.07) is 48.9. The fourth-order valence-electron chi connectivity index (χ4n) is 6.73. The summed E-state index contributed by atoms with van der Waals surface area (Å²) in [7, 11) is 0. The lowest BCUT2D eigenvalue weighted by molar-refractivity contribution is 0.669. The molecule has 0 atom stereocenters. The molecule has 0 aliphatic carbocycles. The van der Waals surface area contributed by atoms with Crippen molar-refractivity contribution >= 4 is 75.3 Å². The fourth-order valence-corrected chi connectivity index (χ4v) is 7.82. The van der Waals surface area contributed by atoms with E-state index in [0.29, 0.717) is 5.82 Å². The van der Waals surface area contributed by atoms with E-state index in [0.717, 1.165) is 66.4 Å². The lowest BCUT2D eigenvalue weighted by Crippen LogP contribution is -2.02. The molecule has 0 saturated carbocycles. The van der Waals surface area contributed by atoms with E-state index in [-0.39, 0.29) is 0 Å². The smallest absolute Gasteiger partial charge is 0.162 e. The van der Waals surface area contributed by atoms with Gasteiger partial charge < -0.3 is 4.42 Å². The van der Waals surface area contributed by atoms with E-state index >= 15 is 0 Å². The van der Waals surface area contributed by atoms with Crippen molar-refractivity contribution < 1.29 is 4.42 Å². The van der Waals surface area contributed by atoms with Crippen molar-refractivity contribution in [2.45, 2.75) is 0 Å². The first kappa shape index (κ1) is 24.6. The van der Waals surface area contributed by atoms with Crippen molar-refractivity contribution in [1.82, 2.24) is 14.5 Å². The maximum Gasteiger partial charge on any atom is 0.162 e. The molecule has 10 rings (SSSR count). The zero-order chi connectivity index (χ0) is 29.5. The van der Waals surface area contributed by atoms with Gasteiger partial charge in [-0.3, -0.25) is 4.57 Å². The SMILES string of the molecule is c1ccc(-c2nc(-c3ccc4sc5ccccc5c4c3)cc(-n3c4ccccc4c4cc5oc6ccccc6c5cc43)n2)cc1. The van der Waals surface area contributed by atoms with E-state index < -0.39 is 0 Å². The number of fused-ring (bicyclic) bond motifs is 9. The molecule has 6 aromatic carbocycles. The summed E-state index contributed by atoms with van der Waals surface area (Å²) in [5.41, 5.74) is 6.88. The van der Waals surface area contributed by atoms with E-state index in [4.69, 9.17) is 14.4 Å². The quantitative estimate of drug-likeness (QED) is 0.205. The first-order valence-electron chi connectivity index (χ1n) is 15.0. The summed E-state index contributed by atoms with van der Waals surface area (Å²) < 4.78 is 11.2. The molecule has 0 fully saturated rings. The Morgan fingerprint density at radius 1 is 0.467 bits per heavy atom. The predicted octanol–water partition coefficient (Wildman–Crippen LogP) is 11.2. The van der Waals surface area contributed by atoms with Gasteiger partial charge in [0, 0.05) is 58.9 Å². The molecule has 0 radical (unpaired) electrons. The molecule has 4 aromatic heterocycles. The number of benzene rings is 6. The van der Waals surface area contributed by atoms with Gasteiger partial charge in [-0.1, -0.05) is 91.0 Å². The second-order valence-corrected chi connectivity index (χ2v) is 12.5. The Balaban J connectivity index is 1.28. The van der Waals surface area contributed by atoms with Gasteiger partial charge in [0.1, 0.15) is 17.0 Å². The number of thiophene rings is 1.